The van der Waals surface area contributed by atoms with E-state index in [0.29, 0.717) is 11.7 Å². The molecule has 0 spiro atoms. The Labute approximate surface area is 111 Å². The standard InChI is InChI=1S/C12H17N5O2/c18-17(19)12-11(2-1-3-14-12)16-8-10(9-16)15-6-4-13-5-7-15/h1-3,10,13H,4-9H2. The quantitative estimate of drug-likeness (QED) is 0.615. The molecule has 2 aliphatic heterocycles. The summed E-state index contributed by atoms with van der Waals surface area (Å²) in [5.41, 5.74) is 0.638. The Hall–Kier alpha value is -1.73. The Morgan fingerprint density at radius 3 is 2.79 bits per heavy atom. The summed E-state index contributed by atoms with van der Waals surface area (Å²) in [6.07, 6.45) is 1.47. The van der Waals surface area contributed by atoms with E-state index in [1.807, 2.05) is 4.90 Å². The van der Waals surface area contributed by atoms with Crippen LogP contribution in [0.5, 0.6) is 0 Å². The van der Waals surface area contributed by atoms with Crippen molar-refractivity contribution in [1.29, 1.82) is 0 Å². The highest BCUT2D eigenvalue weighted by Crippen LogP contribution is 2.30. The summed E-state index contributed by atoms with van der Waals surface area (Å²) in [6, 6.07) is 4.04. The molecule has 0 saturated carbocycles. The van der Waals surface area contributed by atoms with Gasteiger partial charge in [0.15, 0.2) is 0 Å². The van der Waals surface area contributed by atoms with Crippen molar-refractivity contribution >= 4 is 11.5 Å². The van der Waals surface area contributed by atoms with Crippen LogP contribution in [0.4, 0.5) is 11.5 Å². The number of hydrogen-bond donors (Lipinski definition) is 1. The fraction of sp³-hybridized carbons (Fsp3) is 0.583. The largest absolute Gasteiger partial charge is 0.387 e. The van der Waals surface area contributed by atoms with Crippen molar-refractivity contribution < 1.29 is 4.92 Å². The Morgan fingerprint density at radius 1 is 1.37 bits per heavy atom. The molecule has 1 N–H and O–H groups in total. The predicted molar refractivity (Wildman–Crippen MR) is 71.3 cm³/mol. The molecule has 2 aliphatic rings. The maximum Gasteiger partial charge on any atom is 0.387 e. The van der Waals surface area contributed by atoms with Crippen molar-refractivity contribution in [3.8, 4) is 0 Å². The van der Waals surface area contributed by atoms with Gasteiger partial charge in [-0.1, -0.05) is 0 Å². The molecule has 0 aromatic carbocycles. The third-order valence-electron chi connectivity index (χ3n) is 3.81. The zero-order valence-electron chi connectivity index (χ0n) is 10.7. The highest BCUT2D eigenvalue weighted by Gasteiger charge is 2.35. The molecule has 7 nitrogen and oxygen atoms in total. The Bertz CT molecular complexity index is 469. The maximum absolute atomic E-state index is 10.9. The summed E-state index contributed by atoms with van der Waals surface area (Å²) in [5.74, 6) is -0.0405. The molecule has 2 fully saturated rings. The van der Waals surface area contributed by atoms with Gasteiger partial charge in [-0.2, -0.15) is 0 Å². The lowest BCUT2D eigenvalue weighted by molar-refractivity contribution is -0.388. The van der Waals surface area contributed by atoms with Gasteiger partial charge in [-0.05, 0) is 22.0 Å². The van der Waals surface area contributed by atoms with Gasteiger partial charge in [0.2, 0.25) is 0 Å². The van der Waals surface area contributed by atoms with Crippen LogP contribution in [-0.4, -0.2) is 60.1 Å². The first-order valence-corrected chi connectivity index (χ1v) is 6.55. The van der Waals surface area contributed by atoms with Crippen molar-refractivity contribution in [2.45, 2.75) is 6.04 Å². The average Bonchev–Trinajstić information content (AvgIpc) is 2.39. The number of pyridine rings is 1. The highest BCUT2D eigenvalue weighted by molar-refractivity contribution is 5.60. The SMILES string of the molecule is O=[N+]([O-])c1ncccc1N1CC(N2CCNCC2)C1. The molecule has 1 aromatic rings. The number of rotatable bonds is 3. The van der Waals surface area contributed by atoms with Crippen molar-refractivity contribution in [2.75, 3.05) is 44.2 Å². The molecule has 0 unspecified atom stereocenters. The van der Waals surface area contributed by atoms with Gasteiger partial charge in [0.1, 0.15) is 11.9 Å². The molecule has 19 heavy (non-hydrogen) atoms. The van der Waals surface area contributed by atoms with Gasteiger partial charge >= 0.3 is 5.82 Å². The third-order valence-corrected chi connectivity index (χ3v) is 3.81. The number of piperazine rings is 1. The van der Waals surface area contributed by atoms with Crippen molar-refractivity contribution in [2.24, 2.45) is 0 Å². The van der Waals surface area contributed by atoms with Gasteiger partial charge in [-0.15, -0.1) is 0 Å². The molecular weight excluding hydrogens is 246 g/mol. The van der Waals surface area contributed by atoms with Crippen LogP contribution >= 0.6 is 0 Å². The molecule has 2 saturated heterocycles. The monoisotopic (exact) mass is 263 g/mol. The van der Waals surface area contributed by atoms with Crippen LogP contribution in [0.2, 0.25) is 0 Å². The predicted octanol–water partition coefficient (Wildman–Crippen LogP) is 0.0836. The normalized spacial score (nSPS) is 21.2. The van der Waals surface area contributed by atoms with Crippen LogP contribution in [0, 0.1) is 10.1 Å². The Balaban J connectivity index is 1.65. The van der Waals surface area contributed by atoms with E-state index in [4.69, 9.17) is 0 Å². The minimum absolute atomic E-state index is 0.0405. The third kappa shape index (κ3) is 2.39. The van der Waals surface area contributed by atoms with Gasteiger partial charge < -0.3 is 20.3 Å². The van der Waals surface area contributed by atoms with E-state index in [-0.39, 0.29) is 5.82 Å². The lowest BCUT2D eigenvalue weighted by Crippen LogP contribution is -2.63. The van der Waals surface area contributed by atoms with E-state index in [1.165, 1.54) is 6.20 Å². The zero-order valence-corrected chi connectivity index (χ0v) is 10.7. The number of aromatic nitrogens is 1. The molecule has 3 heterocycles. The minimum Gasteiger partial charge on any atom is -0.361 e. The van der Waals surface area contributed by atoms with E-state index in [2.05, 4.69) is 15.2 Å². The number of nitrogens with zero attached hydrogens (tertiary/aromatic N) is 4. The Kier molecular flexibility index (Phi) is 3.31. The van der Waals surface area contributed by atoms with Crippen LogP contribution in [0.25, 0.3) is 0 Å². The molecule has 0 aliphatic carbocycles. The van der Waals surface area contributed by atoms with E-state index < -0.39 is 4.92 Å². The van der Waals surface area contributed by atoms with Gasteiger partial charge in [0, 0.05) is 45.3 Å². The topological polar surface area (TPSA) is 74.5 Å². The fourth-order valence-electron chi connectivity index (χ4n) is 2.71. The van der Waals surface area contributed by atoms with Crippen molar-refractivity contribution in [3.05, 3.63) is 28.4 Å². The lowest BCUT2D eigenvalue weighted by atomic mass is 10.1. The number of nitrogens with one attached hydrogen (secondary N) is 1. The fourth-order valence-corrected chi connectivity index (χ4v) is 2.71. The Morgan fingerprint density at radius 2 is 2.11 bits per heavy atom. The summed E-state index contributed by atoms with van der Waals surface area (Å²) in [6.45, 7) is 5.90. The van der Waals surface area contributed by atoms with Crippen LogP contribution in [-0.2, 0) is 0 Å². The summed E-state index contributed by atoms with van der Waals surface area (Å²) < 4.78 is 0. The summed E-state index contributed by atoms with van der Waals surface area (Å²) in [4.78, 5) is 18.9. The zero-order chi connectivity index (χ0) is 13.2. The average molecular weight is 263 g/mol. The lowest BCUT2D eigenvalue weighted by Gasteiger charge is -2.47. The number of hydrogen-bond acceptors (Lipinski definition) is 6. The first-order valence-electron chi connectivity index (χ1n) is 6.55. The van der Waals surface area contributed by atoms with Gasteiger partial charge in [0.05, 0.1) is 0 Å². The van der Waals surface area contributed by atoms with Crippen LogP contribution in [0.3, 0.4) is 0 Å². The van der Waals surface area contributed by atoms with Crippen LogP contribution < -0.4 is 10.2 Å². The molecular formula is C12H17N5O2. The molecule has 0 atom stereocenters. The second-order valence-corrected chi connectivity index (χ2v) is 4.95. The number of nitro groups is 1. The van der Waals surface area contributed by atoms with Crippen molar-refractivity contribution in [1.82, 2.24) is 15.2 Å². The molecule has 3 rings (SSSR count). The van der Waals surface area contributed by atoms with Crippen LogP contribution in [0.15, 0.2) is 18.3 Å². The maximum atomic E-state index is 10.9. The second kappa shape index (κ2) is 5.10. The van der Waals surface area contributed by atoms with E-state index >= 15 is 0 Å². The first kappa shape index (κ1) is 12.3. The van der Waals surface area contributed by atoms with Gasteiger partial charge in [0.25, 0.3) is 0 Å². The van der Waals surface area contributed by atoms with Gasteiger partial charge in [-0.3, -0.25) is 4.90 Å². The summed E-state index contributed by atoms with van der Waals surface area (Å²) in [5, 5.41) is 14.3. The van der Waals surface area contributed by atoms with Gasteiger partial charge in [-0.25, -0.2) is 0 Å². The highest BCUT2D eigenvalue weighted by atomic mass is 16.6. The van der Waals surface area contributed by atoms with Crippen LogP contribution in [0.1, 0.15) is 0 Å². The summed E-state index contributed by atoms with van der Waals surface area (Å²) in [7, 11) is 0. The smallest absolute Gasteiger partial charge is 0.361 e. The molecule has 7 heteroatoms. The van der Waals surface area contributed by atoms with E-state index in [9.17, 15) is 10.1 Å². The molecule has 0 radical (unpaired) electrons. The number of anilines is 1. The molecule has 102 valence electrons. The second-order valence-electron chi connectivity index (χ2n) is 4.95. The molecule has 1 aromatic heterocycles. The van der Waals surface area contributed by atoms with E-state index in [0.717, 1.165) is 39.3 Å². The summed E-state index contributed by atoms with van der Waals surface area (Å²) >= 11 is 0. The van der Waals surface area contributed by atoms with E-state index in [1.54, 1.807) is 12.1 Å². The molecule has 0 amide bonds. The molecule has 0 bridgehead atoms. The van der Waals surface area contributed by atoms with Crippen molar-refractivity contribution in [3.63, 3.8) is 0 Å². The first-order chi connectivity index (χ1) is 9.25. The minimum atomic E-state index is -0.409.